The van der Waals surface area contributed by atoms with Gasteiger partial charge in [0.25, 0.3) is 5.91 Å². The van der Waals surface area contributed by atoms with Crippen LogP contribution in [0.25, 0.3) is 0 Å². The van der Waals surface area contributed by atoms with Gasteiger partial charge in [-0.2, -0.15) is 0 Å². The number of urea groups is 1. The maximum atomic E-state index is 13.7. The van der Waals surface area contributed by atoms with Crippen molar-refractivity contribution in [2.24, 2.45) is 11.8 Å². The normalized spacial score (nSPS) is 25.9. The van der Waals surface area contributed by atoms with E-state index >= 15 is 0 Å². The molecule has 5 atom stereocenters. The number of likely N-dealkylation sites (tertiary alicyclic amines) is 1. The molecule has 6 rings (SSSR count). The summed E-state index contributed by atoms with van der Waals surface area (Å²) in [5.41, 5.74) is 2.43. The van der Waals surface area contributed by atoms with Crippen LogP contribution in [-0.4, -0.2) is 71.6 Å². The van der Waals surface area contributed by atoms with Crippen molar-refractivity contribution in [3.05, 3.63) is 64.7 Å². The summed E-state index contributed by atoms with van der Waals surface area (Å²) in [5.74, 6) is 0.618. The maximum Gasteiger partial charge on any atom is 0.326 e. The van der Waals surface area contributed by atoms with E-state index in [-0.39, 0.29) is 47.8 Å². The molecule has 0 saturated carbocycles. The first-order valence-corrected chi connectivity index (χ1v) is 15.5. The highest BCUT2D eigenvalue weighted by Gasteiger charge is 2.52. The Hall–Kier alpha value is -3.54. The number of aryl methyl sites for hydroxylation is 1. The fraction of sp³-hybridized carbons (Fsp3) is 0.452. The maximum absolute atomic E-state index is 13.7. The third kappa shape index (κ3) is 5.48. The monoisotopic (exact) mass is 591 g/mol. The lowest BCUT2D eigenvalue weighted by molar-refractivity contribution is -0.138. The number of para-hydroxylation sites is 1. The molecule has 2 aromatic rings. The highest BCUT2D eigenvalue weighted by Crippen LogP contribution is 2.48. The van der Waals surface area contributed by atoms with Crippen molar-refractivity contribution in [2.45, 2.75) is 50.6 Å². The second-order valence-corrected chi connectivity index (χ2v) is 12.6. The van der Waals surface area contributed by atoms with Crippen LogP contribution in [0.4, 0.5) is 10.5 Å². The molecule has 4 aliphatic heterocycles. The van der Waals surface area contributed by atoms with Gasteiger partial charge in [0.2, 0.25) is 5.91 Å². The molecule has 3 saturated heterocycles. The van der Waals surface area contributed by atoms with Crippen LogP contribution in [0.3, 0.4) is 0 Å². The van der Waals surface area contributed by atoms with Crippen LogP contribution in [-0.2, 0) is 9.59 Å². The van der Waals surface area contributed by atoms with Crippen LogP contribution in [0.1, 0.15) is 31.7 Å². The number of nitrogens with zero attached hydrogens (tertiary/aromatic N) is 2. The number of aliphatic hydroxyl groups excluding tert-OH is 1. The second kappa shape index (κ2) is 12.0. The summed E-state index contributed by atoms with van der Waals surface area (Å²) in [6.45, 7) is 5.27. The molecule has 0 radical (unpaired) electrons. The number of ether oxygens (including phenoxy) is 1. The van der Waals surface area contributed by atoms with Gasteiger partial charge in [-0.1, -0.05) is 36.9 Å². The number of hydrogen-bond donors (Lipinski definition) is 4. The molecule has 10 nitrogen and oxygen atoms in total. The van der Waals surface area contributed by atoms with E-state index in [1.54, 1.807) is 11.8 Å². The van der Waals surface area contributed by atoms with Gasteiger partial charge < -0.3 is 30.7 Å². The van der Waals surface area contributed by atoms with E-state index < -0.39 is 5.92 Å². The average molecular weight is 592 g/mol. The molecular weight excluding hydrogens is 554 g/mol. The van der Waals surface area contributed by atoms with E-state index in [4.69, 9.17) is 4.74 Å². The number of hydrogen-bond acceptors (Lipinski definition) is 7. The Balaban J connectivity index is 1.19. The Morgan fingerprint density at radius 3 is 2.74 bits per heavy atom. The first-order chi connectivity index (χ1) is 20.3. The SMILES string of the molecule is Cc1cc(Oc2ccccc2)ccc1N1C(=O)NC2=C(C(=O)N[C@@H]3CCCN(C(=O)[C@@H](C)CO)C3)SC3NCCC1C23. The zero-order valence-electron chi connectivity index (χ0n) is 23.8. The smallest absolute Gasteiger partial charge is 0.326 e. The van der Waals surface area contributed by atoms with Gasteiger partial charge in [0.1, 0.15) is 11.5 Å². The molecule has 4 aliphatic rings. The Morgan fingerprint density at radius 2 is 1.98 bits per heavy atom. The van der Waals surface area contributed by atoms with E-state index in [0.717, 1.165) is 42.8 Å². The molecule has 4 amide bonds. The first-order valence-electron chi connectivity index (χ1n) is 14.6. The van der Waals surface area contributed by atoms with Crippen molar-refractivity contribution in [3.63, 3.8) is 0 Å². The largest absolute Gasteiger partial charge is 0.457 e. The summed E-state index contributed by atoms with van der Waals surface area (Å²) in [7, 11) is 0. The van der Waals surface area contributed by atoms with E-state index in [2.05, 4.69) is 16.0 Å². The minimum atomic E-state index is -0.461. The molecule has 0 aliphatic carbocycles. The molecular formula is C31H37N5O5S. The van der Waals surface area contributed by atoms with Crippen molar-refractivity contribution >= 4 is 35.3 Å². The minimum Gasteiger partial charge on any atom is -0.457 e. The third-order valence-corrected chi connectivity index (χ3v) is 9.87. The number of benzene rings is 2. The van der Waals surface area contributed by atoms with E-state index in [0.29, 0.717) is 29.4 Å². The van der Waals surface area contributed by atoms with Crippen LogP contribution in [0.2, 0.25) is 0 Å². The Kier molecular flexibility index (Phi) is 8.15. The molecule has 0 bridgehead atoms. The molecule has 4 heterocycles. The van der Waals surface area contributed by atoms with Gasteiger partial charge >= 0.3 is 6.03 Å². The van der Waals surface area contributed by atoms with Crippen LogP contribution < -0.4 is 25.6 Å². The summed E-state index contributed by atoms with van der Waals surface area (Å²) in [5, 5.41) is 19.1. The van der Waals surface area contributed by atoms with Gasteiger partial charge in [-0.3, -0.25) is 14.5 Å². The zero-order chi connectivity index (χ0) is 29.4. The number of carbonyl (C=O) groups excluding carboxylic acids is 3. The highest BCUT2D eigenvalue weighted by atomic mass is 32.2. The first kappa shape index (κ1) is 28.6. The van der Waals surface area contributed by atoms with Gasteiger partial charge in [-0.05, 0) is 68.6 Å². The Labute approximate surface area is 249 Å². The summed E-state index contributed by atoms with van der Waals surface area (Å²) in [4.78, 5) is 44.0. The van der Waals surface area contributed by atoms with Gasteiger partial charge in [0, 0.05) is 36.4 Å². The number of rotatable bonds is 7. The van der Waals surface area contributed by atoms with Crippen molar-refractivity contribution in [3.8, 4) is 11.5 Å². The van der Waals surface area contributed by atoms with E-state index in [9.17, 15) is 19.5 Å². The standard InChI is InChI=1S/C31H37N5O5S/c1-18-15-22(41-21-8-4-3-5-9-21)10-11-23(18)36-24-12-13-32-29-25(24)26(34-31(36)40)27(42-29)28(38)33-20-7-6-14-35(16-20)30(39)19(2)17-37/h3-5,8-11,15,19-20,24-25,29,32,37H,6-7,12-14,16-17H2,1-2H3,(H,33,38)(H,34,40)/t19-,20+,24?,25?,29?/m0/s1. The number of nitrogens with one attached hydrogen (secondary N) is 3. The molecule has 2 aromatic carbocycles. The van der Waals surface area contributed by atoms with Crippen molar-refractivity contribution < 1.29 is 24.2 Å². The topological polar surface area (TPSA) is 123 Å². The number of aliphatic hydroxyl groups is 1. The number of amides is 4. The molecule has 222 valence electrons. The molecule has 0 aromatic heterocycles. The summed E-state index contributed by atoms with van der Waals surface area (Å²) < 4.78 is 6.00. The van der Waals surface area contributed by atoms with Gasteiger partial charge in [-0.25, -0.2) is 4.79 Å². The molecule has 3 unspecified atom stereocenters. The van der Waals surface area contributed by atoms with Crippen molar-refractivity contribution in [2.75, 3.05) is 31.1 Å². The summed E-state index contributed by atoms with van der Waals surface area (Å²) >= 11 is 1.47. The van der Waals surface area contributed by atoms with Gasteiger partial charge in [0.05, 0.1) is 28.8 Å². The van der Waals surface area contributed by atoms with Crippen molar-refractivity contribution in [1.29, 1.82) is 0 Å². The number of carbonyl (C=O) groups is 3. The fourth-order valence-corrected chi connectivity index (χ4v) is 7.82. The quantitative estimate of drug-likeness (QED) is 0.390. The second-order valence-electron chi connectivity index (χ2n) is 11.5. The van der Waals surface area contributed by atoms with Crippen LogP contribution in [0.15, 0.2) is 59.1 Å². The molecule has 3 fully saturated rings. The zero-order valence-corrected chi connectivity index (χ0v) is 24.7. The van der Waals surface area contributed by atoms with Crippen LogP contribution >= 0.6 is 11.8 Å². The number of anilines is 1. The van der Waals surface area contributed by atoms with Gasteiger partial charge in [-0.15, -0.1) is 0 Å². The fourth-order valence-electron chi connectivity index (χ4n) is 6.42. The summed E-state index contributed by atoms with van der Waals surface area (Å²) in [6.07, 6.45) is 2.31. The van der Waals surface area contributed by atoms with E-state index in [1.807, 2.05) is 60.4 Å². The average Bonchev–Trinajstić information content (AvgIpc) is 3.37. The van der Waals surface area contributed by atoms with Crippen LogP contribution in [0.5, 0.6) is 11.5 Å². The molecule has 4 N–H and O–H groups in total. The van der Waals surface area contributed by atoms with Gasteiger partial charge in [0.15, 0.2) is 0 Å². The number of thioether (sulfide) groups is 1. The van der Waals surface area contributed by atoms with Crippen LogP contribution in [0, 0.1) is 18.8 Å². The highest BCUT2D eigenvalue weighted by molar-refractivity contribution is 8.04. The molecule has 42 heavy (non-hydrogen) atoms. The lowest BCUT2D eigenvalue weighted by Gasteiger charge is -2.46. The summed E-state index contributed by atoms with van der Waals surface area (Å²) in [6, 6.07) is 14.8. The minimum absolute atomic E-state index is 0.0292. The third-order valence-electron chi connectivity index (χ3n) is 8.52. The lowest BCUT2D eigenvalue weighted by Crippen LogP contribution is -2.62. The molecule has 11 heteroatoms. The van der Waals surface area contributed by atoms with E-state index in [1.165, 1.54) is 11.8 Å². The Morgan fingerprint density at radius 1 is 1.17 bits per heavy atom. The lowest BCUT2D eigenvalue weighted by atomic mass is 9.86. The Bertz CT molecular complexity index is 1400. The number of piperidine rings is 2. The van der Waals surface area contributed by atoms with Crippen molar-refractivity contribution in [1.82, 2.24) is 20.9 Å². The predicted octanol–water partition coefficient (Wildman–Crippen LogP) is 3.32. The molecule has 0 spiro atoms. The predicted molar refractivity (Wildman–Crippen MR) is 161 cm³/mol.